The van der Waals surface area contributed by atoms with E-state index in [1.807, 2.05) is 45.2 Å². The predicted octanol–water partition coefficient (Wildman–Crippen LogP) is 2.87. The van der Waals surface area contributed by atoms with Crippen LogP contribution in [-0.4, -0.2) is 46.8 Å². The average molecular weight is 465 g/mol. The summed E-state index contributed by atoms with van der Waals surface area (Å²) in [6.45, 7) is 5.46. The molecule has 0 saturated carbocycles. The summed E-state index contributed by atoms with van der Waals surface area (Å²) in [4.78, 5) is 31.3. The highest BCUT2D eigenvalue weighted by molar-refractivity contribution is 5.95. The second-order valence-electron chi connectivity index (χ2n) is 8.86. The molecular weight excluding hydrogens is 432 g/mol. The second-order valence-corrected chi connectivity index (χ2v) is 8.86. The molecule has 3 N–H and O–H groups in total. The number of nitrogens with two attached hydrogens (primary N) is 1. The third-order valence-corrected chi connectivity index (χ3v) is 6.73. The van der Waals surface area contributed by atoms with Gasteiger partial charge in [0.15, 0.2) is 5.65 Å². The lowest BCUT2D eigenvalue weighted by Crippen LogP contribution is -2.38. The number of para-hydroxylation sites is 2. The lowest BCUT2D eigenvalue weighted by atomic mass is 9.96. The Morgan fingerprint density at radius 3 is 2.59 bits per heavy atom. The highest BCUT2D eigenvalue weighted by atomic mass is 16.5. The molecule has 9 heteroatoms. The van der Waals surface area contributed by atoms with E-state index in [2.05, 4.69) is 15.3 Å². The number of aromatic nitrogens is 3. The van der Waals surface area contributed by atoms with Crippen molar-refractivity contribution in [1.29, 1.82) is 0 Å². The van der Waals surface area contributed by atoms with Gasteiger partial charge in [-0.3, -0.25) is 9.59 Å². The zero-order valence-corrected chi connectivity index (χ0v) is 20.2. The largest absolute Gasteiger partial charge is 0.479 e. The van der Waals surface area contributed by atoms with Crippen LogP contribution in [0.4, 0.5) is 11.4 Å². The molecule has 0 aliphatic carbocycles. The van der Waals surface area contributed by atoms with Crippen LogP contribution in [0, 0.1) is 19.8 Å². The van der Waals surface area contributed by atoms with Crippen LogP contribution in [0.15, 0.2) is 24.3 Å². The number of primary amides is 1. The molecule has 4 rings (SSSR count). The molecule has 0 radical (unpaired) electrons. The number of carbonyl (C=O) groups is 2. The van der Waals surface area contributed by atoms with Crippen LogP contribution in [0.5, 0.6) is 5.88 Å². The van der Waals surface area contributed by atoms with Gasteiger partial charge in [-0.05, 0) is 56.4 Å². The summed E-state index contributed by atoms with van der Waals surface area (Å²) in [5.41, 5.74) is 11.0. The number of hydrogen-bond donors (Lipinski definition) is 2. The number of aryl methyl sites for hydroxylation is 3. The van der Waals surface area contributed by atoms with Crippen LogP contribution < -0.4 is 20.7 Å². The van der Waals surface area contributed by atoms with Crippen molar-refractivity contribution in [2.24, 2.45) is 18.7 Å². The maximum atomic E-state index is 12.9. The summed E-state index contributed by atoms with van der Waals surface area (Å²) in [5.74, 6) is 0.177. The number of nitrogens with zero attached hydrogens (tertiary/aromatic N) is 4. The maximum absolute atomic E-state index is 12.9. The van der Waals surface area contributed by atoms with E-state index in [1.54, 1.807) is 11.8 Å². The minimum absolute atomic E-state index is 0.0588. The van der Waals surface area contributed by atoms with Crippen molar-refractivity contribution >= 4 is 34.2 Å². The Morgan fingerprint density at radius 1 is 1.21 bits per heavy atom. The Balaban J connectivity index is 1.47. The van der Waals surface area contributed by atoms with Crippen LogP contribution in [0.2, 0.25) is 0 Å². The monoisotopic (exact) mass is 464 g/mol. The number of hydrogen-bond acceptors (Lipinski definition) is 6. The van der Waals surface area contributed by atoms with Gasteiger partial charge in [-0.2, -0.15) is 0 Å². The first-order valence-electron chi connectivity index (χ1n) is 11.6. The number of ether oxygens (including phenoxy) is 1. The molecule has 1 fully saturated rings. The van der Waals surface area contributed by atoms with Crippen molar-refractivity contribution in [2.45, 2.75) is 39.5 Å². The molecule has 0 unspecified atom stereocenters. The van der Waals surface area contributed by atoms with E-state index >= 15 is 0 Å². The van der Waals surface area contributed by atoms with Crippen LogP contribution >= 0.6 is 0 Å². The molecule has 3 heterocycles. The van der Waals surface area contributed by atoms with Gasteiger partial charge in [-0.25, -0.2) is 9.67 Å². The molecule has 0 spiro atoms. The molecule has 1 saturated heterocycles. The first kappa shape index (κ1) is 23.5. The van der Waals surface area contributed by atoms with Gasteiger partial charge in [-0.15, -0.1) is 5.10 Å². The van der Waals surface area contributed by atoms with Crippen LogP contribution in [0.3, 0.4) is 0 Å². The number of piperidine rings is 1. The Bertz CT molecular complexity index is 1230. The van der Waals surface area contributed by atoms with Gasteiger partial charge >= 0.3 is 0 Å². The molecule has 1 aromatic carbocycles. The summed E-state index contributed by atoms with van der Waals surface area (Å²) in [6, 6.07) is 7.79. The number of benzene rings is 1. The van der Waals surface area contributed by atoms with Crippen molar-refractivity contribution in [2.75, 3.05) is 30.4 Å². The topological polar surface area (TPSA) is 115 Å². The Labute approximate surface area is 199 Å². The molecule has 34 heavy (non-hydrogen) atoms. The summed E-state index contributed by atoms with van der Waals surface area (Å²) in [6.07, 6.45) is 2.35. The average Bonchev–Trinajstić information content (AvgIpc) is 3.14. The highest BCUT2D eigenvalue weighted by Crippen LogP contribution is 2.32. The number of nitrogens with one attached hydrogen (secondary N) is 1. The van der Waals surface area contributed by atoms with E-state index in [-0.39, 0.29) is 17.7 Å². The van der Waals surface area contributed by atoms with Crippen LogP contribution in [0.25, 0.3) is 11.0 Å². The maximum Gasteiger partial charge on any atom is 0.242 e. The molecule has 0 atom stereocenters. The Kier molecular flexibility index (Phi) is 6.72. The molecular formula is C25H32N6O3. The van der Waals surface area contributed by atoms with Crippen molar-refractivity contribution in [1.82, 2.24) is 14.8 Å². The van der Waals surface area contributed by atoms with Gasteiger partial charge < -0.3 is 20.7 Å². The van der Waals surface area contributed by atoms with Crippen molar-refractivity contribution < 1.29 is 14.3 Å². The summed E-state index contributed by atoms with van der Waals surface area (Å²) >= 11 is 0. The number of rotatable bonds is 7. The van der Waals surface area contributed by atoms with Gasteiger partial charge in [0.1, 0.15) is 0 Å². The molecule has 1 aliphatic heterocycles. The molecule has 2 aromatic heterocycles. The van der Waals surface area contributed by atoms with E-state index in [1.165, 1.54) is 0 Å². The van der Waals surface area contributed by atoms with E-state index in [0.717, 1.165) is 65.2 Å². The number of amides is 2. The zero-order chi connectivity index (χ0) is 24.4. The smallest absolute Gasteiger partial charge is 0.242 e. The van der Waals surface area contributed by atoms with Crippen molar-refractivity contribution in [3.63, 3.8) is 0 Å². The molecule has 1 aliphatic rings. The van der Waals surface area contributed by atoms with Gasteiger partial charge in [-0.1, -0.05) is 12.1 Å². The summed E-state index contributed by atoms with van der Waals surface area (Å²) < 4.78 is 7.15. The van der Waals surface area contributed by atoms with Crippen molar-refractivity contribution in [3.8, 4) is 5.88 Å². The van der Waals surface area contributed by atoms with Gasteiger partial charge in [0.25, 0.3) is 0 Å². The summed E-state index contributed by atoms with van der Waals surface area (Å²) in [5, 5.41) is 8.36. The van der Waals surface area contributed by atoms with E-state index in [4.69, 9.17) is 15.5 Å². The number of fused-ring (bicyclic) bond motifs is 1. The Morgan fingerprint density at radius 2 is 1.91 bits per heavy atom. The van der Waals surface area contributed by atoms with Crippen LogP contribution in [0.1, 0.15) is 36.1 Å². The molecule has 3 aromatic rings. The number of carbonyl (C=O) groups excluding carboxylic acids is 2. The normalized spacial score (nSPS) is 14.4. The number of pyridine rings is 1. The SMILES string of the molecule is COc1nn(C)c2nc(C)c(CCC(=O)Nc3ccccc3N3CCC(C(N)=O)CC3)c(C)c12. The molecule has 0 bridgehead atoms. The Hall–Kier alpha value is -3.62. The first-order chi connectivity index (χ1) is 16.3. The van der Waals surface area contributed by atoms with Crippen LogP contribution in [-0.2, 0) is 23.1 Å². The number of anilines is 2. The quantitative estimate of drug-likeness (QED) is 0.556. The molecule has 9 nitrogen and oxygen atoms in total. The van der Waals surface area contributed by atoms with E-state index in [9.17, 15) is 9.59 Å². The third-order valence-electron chi connectivity index (χ3n) is 6.73. The summed E-state index contributed by atoms with van der Waals surface area (Å²) in [7, 11) is 3.44. The first-order valence-corrected chi connectivity index (χ1v) is 11.6. The van der Waals surface area contributed by atoms with Gasteiger partial charge in [0.2, 0.25) is 17.7 Å². The fraction of sp³-hybridized carbons (Fsp3) is 0.440. The van der Waals surface area contributed by atoms with Crippen molar-refractivity contribution in [3.05, 3.63) is 41.1 Å². The fourth-order valence-corrected chi connectivity index (χ4v) is 4.82. The van der Waals surface area contributed by atoms with Gasteiger partial charge in [0.05, 0.1) is 23.9 Å². The van der Waals surface area contributed by atoms with E-state index < -0.39 is 0 Å². The minimum atomic E-state index is -0.233. The van der Waals surface area contributed by atoms with E-state index in [0.29, 0.717) is 18.7 Å². The standard InChI is InChI=1S/C25H32N6O3/c1-15-18(16(2)27-24-22(15)25(34-4)29-30(24)3)9-10-21(32)28-19-7-5-6-8-20(19)31-13-11-17(12-14-31)23(26)33/h5-8,17H,9-14H2,1-4H3,(H2,26,33)(H,28,32). The third kappa shape index (κ3) is 4.55. The lowest BCUT2D eigenvalue weighted by Gasteiger charge is -2.33. The minimum Gasteiger partial charge on any atom is -0.479 e. The number of methoxy groups -OCH3 is 1. The van der Waals surface area contributed by atoms with Gasteiger partial charge in [0, 0.05) is 38.2 Å². The molecule has 2 amide bonds. The highest BCUT2D eigenvalue weighted by Gasteiger charge is 2.25. The lowest BCUT2D eigenvalue weighted by molar-refractivity contribution is -0.122. The molecule has 180 valence electrons. The predicted molar refractivity (Wildman–Crippen MR) is 132 cm³/mol. The zero-order valence-electron chi connectivity index (χ0n) is 20.2. The second kappa shape index (κ2) is 9.70. The fourth-order valence-electron chi connectivity index (χ4n) is 4.82.